The molecule has 2 amide bonds. The molecule has 0 saturated carbocycles. The highest BCUT2D eigenvalue weighted by molar-refractivity contribution is 7.15. The summed E-state index contributed by atoms with van der Waals surface area (Å²) in [5.74, 6) is -0.768. The van der Waals surface area contributed by atoms with Crippen molar-refractivity contribution in [3.05, 3.63) is 47.4 Å². The minimum absolute atomic E-state index is 0.149. The van der Waals surface area contributed by atoms with E-state index in [-0.39, 0.29) is 17.6 Å². The van der Waals surface area contributed by atoms with Crippen LogP contribution in [0.4, 0.5) is 4.39 Å². The van der Waals surface area contributed by atoms with Crippen molar-refractivity contribution in [3.63, 3.8) is 0 Å². The lowest BCUT2D eigenvalue weighted by Crippen LogP contribution is -2.50. The summed E-state index contributed by atoms with van der Waals surface area (Å²) in [7, 11) is 0. The van der Waals surface area contributed by atoms with Gasteiger partial charge in [-0.1, -0.05) is 0 Å². The molecule has 128 valence electrons. The van der Waals surface area contributed by atoms with E-state index >= 15 is 0 Å². The molecule has 0 bridgehead atoms. The van der Waals surface area contributed by atoms with E-state index in [1.165, 1.54) is 23.5 Å². The van der Waals surface area contributed by atoms with Gasteiger partial charge in [0.25, 0.3) is 5.91 Å². The summed E-state index contributed by atoms with van der Waals surface area (Å²) in [6.45, 7) is 0.649. The third-order valence-electron chi connectivity index (χ3n) is 4.17. The molecule has 1 saturated heterocycles. The lowest BCUT2D eigenvalue weighted by Gasteiger charge is -2.22. The van der Waals surface area contributed by atoms with Crippen molar-refractivity contribution in [1.29, 1.82) is 0 Å². The second-order valence-electron chi connectivity index (χ2n) is 5.87. The SMILES string of the molecule is O=C(NC1CCCNC1=O)c1csc2nc(-c3ccc(F)cc3)cn12. The first kappa shape index (κ1) is 15.8. The largest absolute Gasteiger partial charge is 0.354 e. The predicted octanol–water partition coefficient (Wildman–Crippen LogP) is 2.21. The van der Waals surface area contributed by atoms with E-state index in [0.717, 1.165) is 12.0 Å². The third kappa shape index (κ3) is 3.00. The minimum Gasteiger partial charge on any atom is -0.354 e. The first-order valence-electron chi connectivity index (χ1n) is 7.93. The predicted molar refractivity (Wildman–Crippen MR) is 92.0 cm³/mol. The first-order valence-corrected chi connectivity index (χ1v) is 8.81. The van der Waals surface area contributed by atoms with Gasteiger partial charge in [-0.3, -0.25) is 14.0 Å². The van der Waals surface area contributed by atoms with Crippen LogP contribution < -0.4 is 10.6 Å². The number of benzene rings is 1. The van der Waals surface area contributed by atoms with Gasteiger partial charge in [0.2, 0.25) is 5.91 Å². The standard InChI is InChI=1S/C17H15FN4O2S/c18-11-5-3-10(4-6-11)13-8-22-14(9-25-17(22)21-13)16(24)20-12-2-1-7-19-15(12)23/h3-6,8-9,12H,1-2,7H2,(H,19,23)(H,20,24). The number of hydrogen-bond donors (Lipinski definition) is 2. The second-order valence-corrected chi connectivity index (χ2v) is 6.70. The zero-order valence-corrected chi connectivity index (χ0v) is 14.0. The van der Waals surface area contributed by atoms with Crippen LogP contribution in [0, 0.1) is 5.82 Å². The van der Waals surface area contributed by atoms with Crippen molar-refractivity contribution in [1.82, 2.24) is 20.0 Å². The molecular weight excluding hydrogens is 343 g/mol. The van der Waals surface area contributed by atoms with Gasteiger partial charge in [-0.25, -0.2) is 9.37 Å². The number of carbonyl (C=O) groups excluding carboxylic acids is 2. The Morgan fingerprint density at radius 1 is 1.36 bits per heavy atom. The third-order valence-corrected chi connectivity index (χ3v) is 5.01. The number of nitrogens with one attached hydrogen (secondary N) is 2. The molecule has 0 aliphatic carbocycles. The van der Waals surface area contributed by atoms with E-state index in [1.54, 1.807) is 28.1 Å². The monoisotopic (exact) mass is 358 g/mol. The van der Waals surface area contributed by atoms with Crippen LogP contribution in [0.5, 0.6) is 0 Å². The average molecular weight is 358 g/mol. The van der Waals surface area contributed by atoms with Crippen molar-refractivity contribution >= 4 is 28.1 Å². The lowest BCUT2D eigenvalue weighted by molar-refractivity contribution is -0.124. The fourth-order valence-corrected chi connectivity index (χ4v) is 3.70. The number of halogens is 1. The van der Waals surface area contributed by atoms with Gasteiger partial charge in [-0.15, -0.1) is 11.3 Å². The molecule has 1 atom stereocenters. The number of carbonyl (C=O) groups is 2. The maximum absolute atomic E-state index is 13.1. The molecule has 1 aliphatic heterocycles. The van der Waals surface area contributed by atoms with Crippen molar-refractivity contribution in [2.45, 2.75) is 18.9 Å². The van der Waals surface area contributed by atoms with Crippen LogP contribution in [0.1, 0.15) is 23.3 Å². The van der Waals surface area contributed by atoms with E-state index < -0.39 is 6.04 Å². The van der Waals surface area contributed by atoms with Gasteiger partial charge in [0.15, 0.2) is 4.96 Å². The zero-order chi connectivity index (χ0) is 17.4. The second kappa shape index (κ2) is 6.29. The Morgan fingerprint density at radius 2 is 2.16 bits per heavy atom. The number of aromatic nitrogens is 2. The van der Waals surface area contributed by atoms with Crippen molar-refractivity contribution < 1.29 is 14.0 Å². The fourth-order valence-electron chi connectivity index (χ4n) is 2.85. The Balaban J connectivity index is 1.60. The Labute approximate surface area is 146 Å². The summed E-state index contributed by atoms with van der Waals surface area (Å²) >= 11 is 1.34. The molecule has 1 aromatic carbocycles. The number of fused-ring (bicyclic) bond motifs is 1. The molecule has 25 heavy (non-hydrogen) atoms. The highest BCUT2D eigenvalue weighted by atomic mass is 32.1. The van der Waals surface area contributed by atoms with Crippen LogP contribution in [0.15, 0.2) is 35.8 Å². The molecule has 6 nitrogen and oxygen atoms in total. The van der Waals surface area contributed by atoms with Gasteiger partial charge in [-0.05, 0) is 37.1 Å². The summed E-state index contributed by atoms with van der Waals surface area (Å²) < 4.78 is 14.8. The normalized spacial score (nSPS) is 17.5. The molecule has 3 heterocycles. The molecule has 2 aromatic heterocycles. The molecular formula is C17H15FN4O2S. The van der Waals surface area contributed by atoms with Crippen molar-refractivity contribution in [3.8, 4) is 11.3 Å². The van der Waals surface area contributed by atoms with Crippen LogP contribution in [0.25, 0.3) is 16.2 Å². The molecule has 2 N–H and O–H groups in total. The quantitative estimate of drug-likeness (QED) is 0.754. The Hall–Kier alpha value is -2.74. The van der Waals surface area contributed by atoms with Gasteiger partial charge >= 0.3 is 0 Å². The van der Waals surface area contributed by atoms with E-state index in [2.05, 4.69) is 15.6 Å². The maximum Gasteiger partial charge on any atom is 0.269 e. The number of hydrogen-bond acceptors (Lipinski definition) is 4. The number of rotatable bonds is 3. The highest BCUT2D eigenvalue weighted by Crippen LogP contribution is 2.24. The lowest BCUT2D eigenvalue weighted by atomic mass is 10.1. The van der Waals surface area contributed by atoms with Crippen LogP contribution in [0.2, 0.25) is 0 Å². The van der Waals surface area contributed by atoms with Gasteiger partial charge in [0.1, 0.15) is 17.6 Å². The maximum atomic E-state index is 13.1. The molecule has 0 spiro atoms. The molecule has 1 fully saturated rings. The van der Waals surface area contributed by atoms with Crippen molar-refractivity contribution in [2.75, 3.05) is 6.54 Å². The smallest absolute Gasteiger partial charge is 0.269 e. The minimum atomic E-state index is -0.503. The number of amides is 2. The Morgan fingerprint density at radius 3 is 2.92 bits per heavy atom. The number of nitrogens with zero attached hydrogens (tertiary/aromatic N) is 2. The van der Waals surface area contributed by atoms with E-state index in [4.69, 9.17) is 0 Å². The molecule has 4 rings (SSSR count). The number of thiazole rings is 1. The van der Waals surface area contributed by atoms with E-state index in [1.807, 2.05) is 0 Å². The number of piperidine rings is 1. The van der Waals surface area contributed by atoms with Crippen LogP contribution >= 0.6 is 11.3 Å². The van der Waals surface area contributed by atoms with Gasteiger partial charge in [0.05, 0.1) is 5.69 Å². The summed E-state index contributed by atoms with van der Waals surface area (Å²) in [6, 6.07) is 5.54. The molecule has 1 aliphatic rings. The molecule has 0 radical (unpaired) electrons. The molecule has 3 aromatic rings. The van der Waals surface area contributed by atoms with E-state index in [9.17, 15) is 14.0 Å². The first-order chi connectivity index (χ1) is 12.1. The van der Waals surface area contributed by atoms with Crippen LogP contribution in [0.3, 0.4) is 0 Å². The summed E-state index contributed by atoms with van der Waals surface area (Å²) in [5, 5.41) is 7.24. The summed E-state index contributed by atoms with van der Waals surface area (Å²) in [5.41, 5.74) is 1.87. The highest BCUT2D eigenvalue weighted by Gasteiger charge is 2.25. The topological polar surface area (TPSA) is 75.5 Å². The molecule has 8 heteroatoms. The van der Waals surface area contributed by atoms with Gasteiger partial charge < -0.3 is 10.6 Å². The van der Waals surface area contributed by atoms with Crippen molar-refractivity contribution in [2.24, 2.45) is 0 Å². The van der Waals surface area contributed by atoms with Gasteiger partial charge in [-0.2, -0.15) is 0 Å². The summed E-state index contributed by atoms with van der Waals surface area (Å²) in [6.07, 6.45) is 3.22. The molecule has 1 unspecified atom stereocenters. The average Bonchev–Trinajstić information content (AvgIpc) is 3.18. The number of imidazole rings is 1. The van der Waals surface area contributed by atoms with Crippen LogP contribution in [-0.4, -0.2) is 33.8 Å². The Bertz CT molecular complexity index is 947. The Kier molecular flexibility index (Phi) is 3.96. The van der Waals surface area contributed by atoms with Gasteiger partial charge in [0, 0.05) is 23.7 Å². The summed E-state index contributed by atoms with van der Waals surface area (Å²) in [4.78, 5) is 29.5. The zero-order valence-electron chi connectivity index (χ0n) is 13.2. The van der Waals surface area contributed by atoms with E-state index in [0.29, 0.717) is 29.3 Å². The fraction of sp³-hybridized carbons (Fsp3) is 0.235. The van der Waals surface area contributed by atoms with Crippen LogP contribution in [-0.2, 0) is 4.79 Å².